The lowest BCUT2D eigenvalue weighted by atomic mass is 9.87. The van der Waals surface area contributed by atoms with Crippen LogP contribution in [-0.4, -0.2) is 54.9 Å². The average Bonchev–Trinajstić information content (AvgIpc) is 2.28. The van der Waals surface area contributed by atoms with Crippen LogP contribution in [-0.2, 0) is 0 Å². The van der Waals surface area contributed by atoms with Crippen LogP contribution in [0.5, 0.6) is 0 Å². The summed E-state index contributed by atoms with van der Waals surface area (Å²) in [6.45, 7) is 5.27. The van der Waals surface area contributed by atoms with E-state index in [1.165, 1.54) is 13.0 Å². The van der Waals surface area contributed by atoms with Gasteiger partial charge in [0.15, 0.2) is 0 Å². The fourth-order valence-electron chi connectivity index (χ4n) is 2.67. The molecule has 0 saturated carbocycles. The molecule has 2 atom stereocenters. The van der Waals surface area contributed by atoms with Crippen LogP contribution in [0.4, 0.5) is 0 Å². The van der Waals surface area contributed by atoms with Crippen LogP contribution in [0.15, 0.2) is 0 Å². The van der Waals surface area contributed by atoms with Crippen molar-refractivity contribution >= 4 is 0 Å². The first-order valence-corrected chi connectivity index (χ1v) is 6.43. The molecule has 1 fully saturated rings. The van der Waals surface area contributed by atoms with E-state index in [9.17, 15) is 0 Å². The zero-order valence-electron chi connectivity index (χ0n) is 10.7. The van der Waals surface area contributed by atoms with Crippen LogP contribution in [0.25, 0.3) is 0 Å². The number of nitrogens with two attached hydrogens (primary N) is 1. The molecule has 0 spiro atoms. The number of aliphatic hydroxyl groups is 1. The second-order valence-electron chi connectivity index (χ2n) is 5.09. The van der Waals surface area contributed by atoms with Gasteiger partial charge in [-0.1, -0.05) is 6.92 Å². The van der Waals surface area contributed by atoms with Crippen LogP contribution in [0.1, 0.15) is 32.6 Å². The minimum atomic E-state index is 0.0584. The molecule has 4 nitrogen and oxygen atoms in total. The van der Waals surface area contributed by atoms with Crippen molar-refractivity contribution in [3.63, 3.8) is 0 Å². The third kappa shape index (κ3) is 3.70. The summed E-state index contributed by atoms with van der Waals surface area (Å²) in [4.78, 5) is 2.34. The Morgan fingerprint density at radius 2 is 2.31 bits per heavy atom. The Bertz CT molecular complexity index is 201. The van der Waals surface area contributed by atoms with Gasteiger partial charge in [0.05, 0.1) is 0 Å². The normalized spacial score (nSPS) is 29.2. The van der Waals surface area contributed by atoms with Gasteiger partial charge in [0.2, 0.25) is 0 Å². The number of nitrogens with zero attached hydrogens (tertiary/aromatic N) is 1. The SMILES string of the molecule is CCC(CCO)NC1(CN)CCCN(C)C1. The maximum absolute atomic E-state index is 9.02. The molecule has 0 aromatic heterocycles. The summed E-state index contributed by atoms with van der Waals surface area (Å²) in [6.07, 6.45) is 4.22. The summed E-state index contributed by atoms with van der Waals surface area (Å²) in [6, 6.07) is 0.389. The third-order valence-corrected chi connectivity index (χ3v) is 3.64. The van der Waals surface area contributed by atoms with E-state index in [4.69, 9.17) is 10.8 Å². The molecule has 0 aromatic rings. The van der Waals surface area contributed by atoms with Crippen molar-refractivity contribution in [3.8, 4) is 0 Å². The van der Waals surface area contributed by atoms with E-state index < -0.39 is 0 Å². The summed E-state index contributed by atoms with van der Waals surface area (Å²) in [5.74, 6) is 0. The summed E-state index contributed by atoms with van der Waals surface area (Å²) >= 11 is 0. The highest BCUT2D eigenvalue weighted by atomic mass is 16.3. The molecule has 4 N–H and O–H groups in total. The lowest BCUT2D eigenvalue weighted by Crippen LogP contribution is -2.62. The second-order valence-corrected chi connectivity index (χ2v) is 5.09. The molecule has 1 rings (SSSR count). The Labute approximate surface area is 99.2 Å². The zero-order chi connectivity index (χ0) is 12.0. The maximum Gasteiger partial charge on any atom is 0.0445 e. The van der Waals surface area contributed by atoms with Crippen molar-refractivity contribution in [1.82, 2.24) is 10.2 Å². The molecule has 0 radical (unpaired) electrons. The number of likely N-dealkylation sites (tertiary alicyclic amines) is 1. The fourth-order valence-corrected chi connectivity index (χ4v) is 2.67. The quantitative estimate of drug-likeness (QED) is 0.607. The molecule has 1 aliphatic rings. The number of aliphatic hydroxyl groups excluding tert-OH is 1. The summed E-state index contributed by atoms with van der Waals surface area (Å²) in [5, 5.41) is 12.7. The first-order chi connectivity index (χ1) is 7.65. The minimum Gasteiger partial charge on any atom is -0.396 e. The highest BCUT2D eigenvalue weighted by molar-refractivity contribution is 4.96. The van der Waals surface area contributed by atoms with Gasteiger partial charge < -0.3 is 21.1 Å². The van der Waals surface area contributed by atoms with Gasteiger partial charge in [0.1, 0.15) is 0 Å². The highest BCUT2D eigenvalue weighted by Gasteiger charge is 2.34. The van der Waals surface area contributed by atoms with E-state index >= 15 is 0 Å². The van der Waals surface area contributed by atoms with Crippen LogP contribution < -0.4 is 11.1 Å². The van der Waals surface area contributed by atoms with E-state index in [0.717, 1.165) is 25.8 Å². The number of piperidine rings is 1. The van der Waals surface area contributed by atoms with Crippen LogP contribution in [0, 0.1) is 0 Å². The molecular formula is C12H27N3O. The smallest absolute Gasteiger partial charge is 0.0445 e. The third-order valence-electron chi connectivity index (χ3n) is 3.64. The van der Waals surface area contributed by atoms with Crippen LogP contribution in [0.3, 0.4) is 0 Å². The second kappa shape index (κ2) is 6.55. The van der Waals surface area contributed by atoms with Crippen LogP contribution in [0.2, 0.25) is 0 Å². The Hall–Kier alpha value is -0.160. The van der Waals surface area contributed by atoms with Gasteiger partial charge in [-0.15, -0.1) is 0 Å². The molecule has 0 amide bonds. The molecule has 2 unspecified atom stereocenters. The number of hydrogen-bond acceptors (Lipinski definition) is 4. The van der Waals surface area contributed by atoms with Gasteiger partial charge in [-0.25, -0.2) is 0 Å². The molecule has 0 aliphatic carbocycles. The lowest BCUT2D eigenvalue weighted by Gasteiger charge is -2.43. The number of hydrogen-bond donors (Lipinski definition) is 3. The zero-order valence-corrected chi connectivity index (χ0v) is 10.7. The van der Waals surface area contributed by atoms with E-state index in [1.54, 1.807) is 0 Å². The monoisotopic (exact) mass is 229 g/mol. The standard InChI is InChI=1S/C12H27N3O/c1-3-11(5-8-16)14-12(9-13)6-4-7-15(2)10-12/h11,14,16H,3-10,13H2,1-2H3. The lowest BCUT2D eigenvalue weighted by molar-refractivity contribution is 0.128. The van der Waals surface area contributed by atoms with E-state index in [1.807, 2.05) is 0 Å². The van der Waals surface area contributed by atoms with Gasteiger partial charge in [-0.2, -0.15) is 0 Å². The summed E-state index contributed by atoms with van der Waals surface area (Å²) in [5.41, 5.74) is 6.01. The van der Waals surface area contributed by atoms with Crippen LogP contribution >= 0.6 is 0 Å². The molecule has 0 bridgehead atoms. The number of nitrogens with one attached hydrogen (secondary N) is 1. The van der Waals surface area contributed by atoms with Gasteiger partial charge in [0.25, 0.3) is 0 Å². The minimum absolute atomic E-state index is 0.0584. The van der Waals surface area contributed by atoms with E-state index in [0.29, 0.717) is 12.6 Å². The molecular weight excluding hydrogens is 202 g/mol. The van der Waals surface area contributed by atoms with E-state index in [-0.39, 0.29) is 12.1 Å². The summed E-state index contributed by atoms with van der Waals surface area (Å²) in [7, 11) is 2.15. The average molecular weight is 229 g/mol. The highest BCUT2D eigenvalue weighted by Crippen LogP contribution is 2.21. The van der Waals surface area contributed by atoms with Crippen molar-refractivity contribution in [2.45, 2.75) is 44.2 Å². The van der Waals surface area contributed by atoms with E-state index in [2.05, 4.69) is 24.2 Å². The van der Waals surface area contributed by atoms with Gasteiger partial charge in [-0.3, -0.25) is 0 Å². The molecule has 1 aliphatic heterocycles. The van der Waals surface area contributed by atoms with Crippen molar-refractivity contribution < 1.29 is 5.11 Å². The Kier molecular flexibility index (Phi) is 5.69. The van der Waals surface area contributed by atoms with Crippen molar-refractivity contribution in [3.05, 3.63) is 0 Å². The maximum atomic E-state index is 9.02. The first-order valence-electron chi connectivity index (χ1n) is 6.43. The Morgan fingerprint density at radius 3 is 2.81 bits per heavy atom. The van der Waals surface area contributed by atoms with Gasteiger partial charge in [0, 0.05) is 31.3 Å². The topological polar surface area (TPSA) is 61.5 Å². The number of rotatable bonds is 6. The molecule has 16 heavy (non-hydrogen) atoms. The van der Waals surface area contributed by atoms with Gasteiger partial charge >= 0.3 is 0 Å². The number of likely N-dealkylation sites (N-methyl/N-ethyl adjacent to an activating group) is 1. The first kappa shape index (κ1) is 13.9. The Morgan fingerprint density at radius 1 is 1.56 bits per heavy atom. The van der Waals surface area contributed by atoms with Crippen molar-refractivity contribution in [2.75, 3.05) is 33.3 Å². The predicted molar refractivity (Wildman–Crippen MR) is 67.4 cm³/mol. The van der Waals surface area contributed by atoms with Crippen molar-refractivity contribution in [1.29, 1.82) is 0 Å². The largest absolute Gasteiger partial charge is 0.396 e. The fraction of sp³-hybridized carbons (Fsp3) is 1.00. The summed E-state index contributed by atoms with van der Waals surface area (Å²) < 4.78 is 0. The molecule has 1 saturated heterocycles. The Balaban J connectivity index is 2.57. The predicted octanol–water partition coefficient (Wildman–Crippen LogP) is 0.160. The molecule has 4 heteroatoms. The molecule has 0 aromatic carbocycles. The van der Waals surface area contributed by atoms with Crippen molar-refractivity contribution in [2.24, 2.45) is 5.73 Å². The molecule has 1 heterocycles. The molecule has 96 valence electrons. The van der Waals surface area contributed by atoms with Gasteiger partial charge in [-0.05, 0) is 39.3 Å².